The second-order valence-electron chi connectivity index (χ2n) is 4.82. The van der Waals surface area contributed by atoms with Gasteiger partial charge in [-0.1, -0.05) is 35.9 Å². The van der Waals surface area contributed by atoms with Crippen molar-refractivity contribution in [2.75, 3.05) is 19.7 Å². The van der Waals surface area contributed by atoms with Gasteiger partial charge in [-0.3, -0.25) is 0 Å². The van der Waals surface area contributed by atoms with Crippen molar-refractivity contribution in [3.8, 4) is 5.75 Å². The Morgan fingerprint density at radius 1 is 1.33 bits per heavy atom. The van der Waals surface area contributed by atoms with Crippen LogP contribution in [0.1, 0.15) is 19.8 Å². The van der Waals surface area contributed by atoms with Gasteiger partial charge in [0, 0.05) is 12.6 Å². The first kappa shape index (κ1) is 15.7. The number of guanidine groups is 1. The molecular weight excluding hydrogens is 286 g/mol. The molecule has 2 N–H and O–H groups in total. The van der Waals surface area contributed by atoms with Crippen LogP contribution in [-0.2, 0) is 0 Å². The molecule has 4 nitrogen and oxygen atoms in total. The van der Waals surface area contributed by atoms with Gasteiger partial charge in [-0.15, -0.1) is 0 Å². The molecule has 0 saturated carbocycles. The molecule has 2 rings (SSSR count). The van der Waals surface area contributed by atoms with Crippen LogP contribution >= 0.6 is 11.6 Å². The van der Waals surface area contributed by atoms with Crippen LogP contribution in [0.2, 0.25) is 5.02 Å². The highest BCUT2D eigenvalue weighted by Crippen LogP contribution is 2.22. The minimum Gasteiger partial charge on any atom is -0.490 e. The van der Waals surface area contributed by atoms with Crippen LogP contribution in [0.15, 0.2) is 41.4 Å². The van der Waals surface area contributed by atoms with Crippen LogP contribution in [0.3, 0.4) is 0 Å². The minimum atomic E-state index is 0.451. The fourth-order valence-corrected chi connectivity index (χ4v) is 2.31. The van der Waals surface area contributed by atoms with E-state index in [0.717, 1.165) is 25.3 Å². The summed E-state index contributed by atoms with van der Waals surface area (Å²) >= 11 is 6.04. The largest absolute Gasteiger partial charge is 0.490 e. The molecule has 0 radical (unpaired) electrons. The Morgan fingerprint density at radius 3 is 2.81 bits per heavy atom. The Balaban J connectivity index is 1.78. The maximum Gasteiger partial charge on any atom is 0.191 e. The third kappa shape index (κ3) is 5.31. The maximum absolute atomic E-state index is 6.04. The van der Waals surface area contributed by atoms with Gasteiger partial charge in [-0.05, 0) is 31.9 Å². The number of nitrogens with zero attached hydrogens (tertiary/aromatic N) is 1. The summed E-state index contributed by atoms with van der Waals surface area (Å²) in [5.74, 6) is 1.54. The van der Waals surface area contributed by atoms with E-state index in [0.29, 0.717) is 30.0 Å². The summed E-state index contributed by atoms with van der Waals surface area (Å²) in [7, 11) is 0. The van der Waals surface area contributed by atoms with E-state index in [1.165, 1.54) is 0 Å². The molecule has 0 amide bonds. The molecule has 0 heterocycles. The van der Waals surface area contributed by atoms with Crippen molar-refractivity contribution in [3.63, 3.8) is 0 Å². The predicted octanol–water partition coefficient (Wildman–Crippen LogP) is 2.99. The Bertz CT molecular complexity index is 494. The third-order valence-electron chi connectivity index (χ3n) is 3.15. The van der Waals surface area contributed by atoms with Gasteiger partial charge in [-0.25, -0.2) is 4.99 Å². The van der Waals surface area contributed by atoms with Crippen molar-refractivity contribution in [3.05, 3.63) is 41.4 Å². The van der Waals surface area contributed by atoms with Crippen molar-refractivity contribution in [2.45, 2.75) is 25.8 Å². The van der Waals surface area contributed by atoms with Gasteiger partial charge in [0.05, 0.1) is 11.6 Å². The minimum absolute atomic E-state index is 0.451. The molecule has 114 valence electrons. The molecule has 0 aliphatic heterocycles. The van der Waals surface area contributed by atoms with Crippen molar-refractivity contribution in [2.24, 2.45) is 4.99 Å². The summed E-state index contributed by atoms with van der Waals surface area (Å²) in [5, 5.41) is 7.30. The topological polar surface area (TPSA) is 45.7 Å². The van der Waals surface area contributed by atoms with E-state index in [1.807, 2.05) is 24.3 Å². The predicted molar refractivity (Wildman–Crippen MR) is 88.2 cm³/mol. The van der Waals surface area contributed by atoms with Crippen LogP contribution < -0.4 is 15.4 Å². The van der Waals surface area contributed by atoms with Crippen molar-refractivity contribution in [1.29, 1.82) is 0 Å². The Hall–Kier alpha value is -1.68. The highest BCUT2D eigenvalue weighted by atomic mass is 35.5. The van der Waals surface area contributed by atoms with Crippen LogP contribution in [-0.4, -0.2) is 31.7 Å². The summed E-state index contributed by atoms with van der Waals surface area (Å²) < 4.78 is 5.63. The lowest BCUT2D eigenvalue weighted by Crippen LogP contribution is -2.42. The van der Waals surface area contributed by atoms with E-state index in [9.17, 15) is 0 Å². The van der Waals surface area contributed by atoms with Crippen LogP contribution in [0.4, 0.5) is 0 Å². The van der Waals surface area contributed by atoms with Gasteiger partial charge < -0.3 is 15.4 Å². The lowest BCUT2D eigenvalue weighted by molar-refractivity contribution is 0.328. The van der Waals surface area contributed by atoms with Crippen molar-refractivity contribution >= 4 is 17.6 Å². The van der Waals surface area contributed by atoms with E-state index < -0.39 is 0 Å². The number of ether oxygens (including phenoxy) is 1. The number of aliphatic imine (C=N–C) groups is 1. The summed E-state index contributed by atoms with van der Waals surface area (Å²) in [6.45, 7) is 3.99. The zero-order valence-electron chi connectivity index (χ0n) is 12.3. The number of hydrogen-bond acceptors (Lipinski definition) is 2. The molecule has 1 aliphatic rings. The van der Waals surface area contributed by atoms with E-state index in [2.05, 4.69) is 34.7 Å². The number of benzene rings is 1. The molecule has 1 aromatic carbocycles. The molecule has 1 aromatic rings. The fraction of sp³-hybridized carbons (Fsp3) is 0.438. The number of rotatable bonds is 6. The van der Waals surface area contributed by atoms with Gasteiger partial charge in [0.2, 0.25) is 0 Å². The second-order valence-corrected chi connectivity index (χ2v) is 5.23. The first-order valence-electron chi connectivity index (χ1n) is 7.36. The second kappa shape index (κ2) is 8.57. The molecular formula is C16H22ClN3O. The van der Waals surface area contributed by atoms with Crippen LogP contribution in [0.5, 0.6) is 5.75 Å². The van der Waals surface area contributed by atoms with E-state index in [4.69, 9.17) is 16.3 Å². The number of halogens is 1. The number of nitrogens with one attached hydrogen (secondary N) is 2. The number of para-hydroxylation sites is 1. The van der Waals surface area contributed by atoms with Crippen LogP contribution in [0.25, 0.3) is 0 Å². The highest BCUT2D eigenvalue weighted by Gasteiger charge is 2.11. The monoisotopic (exact) mass is 307 g/mol. The van der Waals surface area contributed by atoms with Gasteiger partial charge >= 0.3 is 0 Å². The smallest absolute Gasteiger partial charge is 0.191 e. The van der Waals surface area contributed by atoms with Gasteiger partial charge in [0.25, 0.3) is 0 Å². The summed E-state index contributed by atoms with van der Waals surface area (Å²) in [4.78, 5) is 4.52. The van der Waals surface area contributed by atoms with Gasteiger partial charge in [0.1, 0.15) is 12.4 Å². The molecule has 1 aliphatic carbocycles. The average Bonchev–Trinajstić information content (AvgIpc) is 2.98. The first-order valence-corrected chi connectivity index (χ1v) is 7.74. The lowest BCUT2D eigenvalue weighted by atomic mass is 10.2. The maximum atomic E-state index is 6.04. The molecule has 0 saturated heterocycles. The lowest BCUT2D eigenvalue weighted by Gasteiger charge is -2.16. The SMILES string of the molecule is CCNC(=NCCOc1ccccc1Cl)NC1CC=CC1. The Morgan fingerprint density at radius 2 is 2.10 bits per heavy atom. The molecule has 0 unspecified atom stereocenters. The number of hydrogen-bond donors (Lipinski definition) is 2. The molecule has 0 aromatic heterocycles. The molecule has 0 fully saturated rings. The Labute approximate surface area is 131 Å². The third-order valence-corrected chi connectivity index (χ3v) is 3.46. The van der Waals surface area contributed by atoms with Crippen molar-refractivity contribution < 1.29 is 4.74 Å². The fourth-order valence-electron chi connectivity index (χ4n) is 2.12. The summed E-state index contributed by atoms with van der Waals surface area (Å²) in [5.41, 5.74) is 0. The molecule has 21 heavy (non-hydrogen) atoms. The summed E-state index contributed by atoms with van der Waals surface area (Å²) in [6, 6.07) is 7.92. The molecule has 0 spiro atoms. The van der Waals surface area contributed by atoms with Gasteiger partial charge in [-0.2, -0.15) is 0 Å². The zero-order chi connectivity index (χ0) is 14.9. The first-order chi connectivity index (χ1) is 10.3. The van der Waals surface area contributed by atoms with E-state index in [1.54, 1.807) is 0 Å². The zero-order valence-corrected chi connectivity index (χ0v) is 13.1. The molecule has 5 heteroatoms. The van der Waals surface area contributed by atoms with E-state index in [-0.39, 0.29) is 0 Å². The highest BCUT2D eigenvalue weighted by molar-refractivity contribution is 6.32. The molecule has 0 atom stereocenters. The van der Waals surface area contributed by atoms with Crippen LogP contribution in [0, 0.1) is 0 Å². The normalized spacial score (nSPS) is 15.2. The Kier molecular flexibility index (Phi) is 6.41. The standard InChI is InChI=1S/C16H22ClN3O/c1-2-18-16(20-13-7-3-4-8-13)19-11-12-21-15-10-6-5-9-14(15)17/h3-6,9-10,13H,2,7-8,11-12H2,1H3,(H2,18,19,20). The summed E-state index contributed by atoms with van der Waals surface area (Å²) in [6.07, 6.45) is 6.50. The molecule has 0 bridgehead atoms. The van der Waals surface area contributed by atoms with E-state index >= 15 is 0 Å². The average molecular weight is 308 g/mol. The van der Waals surface area contributed by atoms with Gasteiger partial charge in [0.15, 0.2) is 5.96 Å². The van der Waals surface area contributed by atoms with Crippen molar-refractivity contribution in [1.82, 2.24) is 10.6 Å². The quantitative estimate of drug-likeness (QED) is 0.367.